The van der Waals surface area contributed by atoms with E-state index in [9.17, 15) is 4.48 Å². The summed E-state index contributed by atoms with van der Waals surface area (Å²) in [7, 11) is 1.49. The van der Waals surface area contributed by atoms with Crippen LogP contribution in [0.25, 0.3) is 0 Å². The van der Waals surface area contributed by atoms with Crippen LogP contribution in [0.5, 0.6) is 0 Å². The van der Waals surface area contributed by atoms with E-state index in [2.05, 4.69) is 0 Å². The maximum Gasteiger partial charge on any atom is 0.0400 e. The minimum Gasteiger partial charge on any atom is -0.328 e. The standard InChI is InChI=1S/C7H15FN2.C2H6/c1-10(8)7-4-2-6(9)3-5-7;1-2/h6-7H,2-5,9H2,1H3;1-2H3. The first-order chi connectivity index (χ1) is 5.70. The van der Waals surface area contributed by atoms with Gasteiger partial charge in [0, 0.05) is 19.1 Å². The van der Waals surface area contributed by atoms with Crippen LogP contribution in [0.3, 0.4) is 0 Å². The molecule has 0 aromatic heterocycles. The topological polar surface area (TPSA) is 29.3 Å². The van der Waals surface area contributed by atoms with Gasteiger partial charge in [-0.2, -0.15) is 0 Å². The molecule has 0 spiro atoms. The number of rotatable bonds is 1. The van der Waals surface area contributed by atoms with Crippen molar-refractivity contribution in [3.8, 4) is 0 Å². The van der Waals surface area contributed by atoms with E-state index in [1.165, 1.54) is 7.05 Å². The van der Waals surface area contributed by atoms with Crippen molar-refractivity contribution in [1.29, 1.82) is 0 Å². The summed E-state index contributed by atoms with van der Waals surface area (Å²) in [6, 6.07) is 0.441. The van der Waals surface area contributed by atoms with Crippen molar-refractivity contribution in [1.82, 2.24) is 5.12 Å². The first-order valence-electron chi connectivity index (χ1n) is 4.84. The number of nitrogens with two attached hydrogens (primary N) is 1. The molecule has 0 amide bonds. The van der Waals surface area contributed by atoms with Gasteiger partial charge in [-0.3, -0.25) is 0 Å². The molecule has 2 N–H and O–H groups in total. The Morgan fingerprint density at radius 2 is 1.58 bits per heavy atom. The molecule has 3 heteroatoms. The molecule has 0 aliphatic heterocycles. The van der Waals surface area contributed by atoms with Gasteiger partial charge in [0.15, 0.2) is 0 Å². The molecule has 0 saturated heterocycles. The summed E-state index contributed by atoms with van der Waals surface area (Å²) in [5.74, 6) is 0. The lowest BCUT2D eigenvalue weighted by Gasteiger charge is -2.27. The number of nitrogens with zero attached hydrogens (tertiary/aromatic N) is 1. The smallest absolute Gasteiger partial charge is 0.0400 e. The fourth-order valence-corrected chi connectivity index (χ4v) is 1.46. The van der Waals surface area contributed by atoms with E-state index in [1.807, 2.05) is 13.8 Å². The molecule has 0 aromatic carbocycles. The Bertz CT molecular complexity index is 98.7. The summed E-state index contributed by atoms with van der Waals surface area (Å²) in [4.78, 5) is 0. The van der Waals surface area contributed by atoms with E-state index in [0.29, 0.717) is 6.04 Å². The third kappa shape index (κ3) is 4.02. The van der Waals surface area contributed by atoms with Crippen molar-refractivity contribution in [3.63, 3.8) is 0 Å². The Morgan fingerprint density at radius 3 is 1.92 bits per heavy atom. The minimum absolute atomic E-state index is 0.125. The van der Waals surface area contributed by atoms with Gasteiger partial charge in [0.1, 0.15) is 0 Å². The number of hydrogen-bond donors (Lipinski definition) is 1. The first kappa shape index (κ1) is 11.8. The molecule has 1 saturated carbocycles. The van der Waals surface area contributed by atoms with E-state index in [0.717, 1.165) is 30.8 Å². The molecule has 2 nitrogen and oxygen atoms in total. The molecule has 0 heterocycles. The van der Waals surface area contributed by atoms with E-state index in [1.54, 1.807) is 0 Å². The van der Waals surface area contributed by atoms with Crippen LogP contribution in [0.15, 0.2) is 0 Å². The molecule has 0 radical (unpaired) electrons. The van der Waals surface area contributed by atoms with Crippen LogP contribution in [-0.2, 0) is 0 Å². The van der Waals surface area contributed by atoms with Gasteiger partial charge in [-0.1, -0.05) is 13.8 Å². The van der Waals surface area contributed by atoms with E-state index in [-0.39, 0.29) is 6.04 Å². The van der Waals surface area contributed by atoms with Crippen molar-refractivity contribution in [2.75, 3.05) is 7.05 Å². The summed E-state index contributed by atoms with van der Waals surface area (Å²) < 4.78 is 12.5. The SMILES string of the molecule is CC.CN(F)C1CCC(N)CC1. The molecule has 0 bridgehead atoms. The van der Waals surface area contributed by atoms with Gasteiger partial charge in [-0.15, -0.1) is 9.60 Å². The van der Waals surface area contributed by atoms with Gasteiger partial charge in [-0.25, -0.2) is 0 Å². The van der Waals surface area contributed by atoms with Gasteiger partial charge in [0.05, 0.1) is 0 Å². The Morgan fingerprint density at radius 1 is 1.17 bits per heavy atom. The lowest BCUT2D eigenvalue weighted by Crippen LogP contribution is -2.34. The third-order valence-corrected chi connectivity index (χ3v) is 2.24. The highest BCUT2D eigenvalue weighted by Crippen LogP contribution is 2.20. The largest absolute Gasteiger partial charge is 0.328 e. The Balaban J connectivity index is 0.000000561. The lowest BCUT2D eigenvalue weighted by atomic mass is 9.92. The third-order valence-electron chi connectivity index (χ3n) is 2.24. The zero-order chi connectivity index (χ0) is 9.56. The van der Waals surface area contributed by atoms with Crippen LogP contribution in [-0.4, -0.2) is 24.3 Å². The van der Waals surface area contributed by atoms with Gasteiger partial charge in [-0.05, 0) is 25.7 Å². The van der Waals surface area contributed by atoms with Crippen LogP contribution < -0.4 is 5.73 Å². The molecule has 0 aromatic rings. The zero-order valence-electron chi connectivity index (χ0n) is 8.39. The van der Waals surface area contributed by atoms with E-state index >= 15 is 0 Å². The normalized spacial score (nSPS) is 29.5. The monoisotopic (exact) mass is 176 g/mol. The average Bonchev–Trinajstić information content (AvgIpc) is 2.09. The van der Waals surface area contributed by atoms with Crippen LogP contribution in [0.4, 0.5) is 4.48 Å². The first-order valence-corrected chi connectivity index (χ1v) is 4.84. The van der Waals surface area contributed by atoms with Crippen molar-refractivity contribution in [3.05, 3.63) is 0 Å². The summed E-state index contributed by atoms with van der Waals surface area (Å²) in [5, 5.41) is 0.811. The summed E-state index contributed by atoms with van der Waals surface area (Å²) >= 11 is 0. The van der Waals surface area contributed by atoms with Gasteiger partial charge in [0.2, 0.25) is 0 Å². The number of halogens is 1. The van der Waals surface area contributed by atoms with E-state index < -0.39 is 0 Å². The maximum absolute atomic E-state index is 12.5. The lowest BCUT2D eigenvalue weighted by molar-refractivity contribution is -0.00855. The molecule has 1 fully saturated rings. The molecule has 1 aliphatic rings. The molecule has 0 atom stereocenters. The summed E-state index contributed by atoms with van der Waals surface area (Å²) in [5.41, 5.74) is 5.66. The quantitative estimate of drug-likeness (QED) is 0.620. The highest BCUT2D eigenvalue weighted by atomic mass is 19.2. The Labute approximate surface area is 74.9 Å². The average molecular weight is 176 g/mol. The molecular formula is C9H21FN2. The molecular weight excluding hydrogens is 155 g/mol. The minimum atomic E-state index is 0.125. The second-order valence-electron chi connectivity index (χ2n) is 3.09. The van der Waals surface area contributed by atoms with E-state index in [4.69, 9.17) is 5.73 Å². The highest BCUT2D eigenvalue weighted by Gasteiger charge is 2.21. The number of hydrogen-bond acceptors (Lipinski definition) is 2. The molecule has 1 rings (SSSR count). The van der Waals surface area contributed by atoms with Gasteiger partial charge >= 0.3 is 0 Å². The van der Waals surface area contributed by atoms with Crippen LogP contribution in [0, 0.1) is 0 Å². The fraction of sp³-hybridized carbons (Fsp3) is 1.00. The molecule has 0 unspecified atom stereocenters. The van der Waals surface area contributed by atoms with Crippen molar-refractivity contribution >= 4 is 0 Å². The Hall–Kier alpha value is -0.150. The van der Waals surface area contributed by atoms with Crippen molar-refractivity contribution in [2.45, 2.75) is 51.6 Å². The predicted octanol–water partition coefficient (Wildman–Crippen LogP) is 2.10. The maximum atomic E-state index is 12.5. The second kappa shape index (κ2) is 6.38. The Kier molecular flexibility index (Phi) is 6.30. The fourth-order valence-electron chi connectivity index (χ4n) is 1.46. The second-order valence-corrected chi connectivity index (χ2v) is 3.09. The van der Waals surface area contributed by atoms with Crippen LogP contribution >= 0.6 is 0 Å². The molecule has 1 aliphatic carbocycles. The van der Waals surface area contributed by atoms with Crippen molar-refractivity contribution in [2.24, 2.45) is 5.73 Å². The summed E-state index contributed by atoms with van der Waals surface area (Å²) in [6.07, 6.45) is 3.76. The van der Waals surface area contributed by atoms with Crippen LogP contribution in [0.2, 0.25) is 0 Å². The van der Waals surface area contributed by atoms with Crippen LogP contribution in [0.1, 0.15) is 39.5 Å². The molecule has 74 valence electrons. The zero-order valence-corrected chi connectivity index (χ0v) is 8.39. The molecule has 12 heavy (non-hydrogen) atoms. The van der Waals surface area contributed by atoms with Gasteiger partial charge in [0.25, 0.3) is 0 Å². The highest BCUT2D eigenvalue weighted by molar-refractivity contribution is 4.76. The van der Waals surface area contributed by atoms with Crippen molar-refractivity contribution < 1.29 is 4.48 Å². The summed E-state index contributed by atoms with van der Waals surface area (Å²) in [6.45, 7) is 4.00. The van der Waals surface area contributed by atoms with Gasteiger partial charge < -0.3 is 5.73 Å². The predicted molar refractivity (Wildman–Crippen MR) is 50.5 cm³/mol.